The van der Waals surface area contributed by atoms with E-state index in [2.05, 4.69) is 0 Å². The zero-order valence-corrected chi connectivity index (χ0v) is 18.4. The lowest BCUT2D eigenvalue weighted by molar-refractivity contribution is -0.123. The number of carbonyl (C=O) groups is 1. The minimum atomic E-state index is -3.81. The number of anilines is 1. The van der Waals surface area contributed by atoms with Gasteiger partial charge in [0.15, 0.2) is 0 Å². The quantitative estimate of drug-likeness (QED) is 0.663. The van der Waals surface area contributed by atoms with Gasteiger partial charge in [-0.05, 0) is 62.2 Å². The molecule has 2 aromatic carbocycles. The highest BCUT2D eigenvalue weighted by Crippen LogP contribution is 2.31. The van der Waals surface area contributed by atoms with Crippen LogP contribution in [0.25, 0.3) is 0 Å². The number of benzene rings is 2. The van der Waals surface area contributed by atoms with Crippen LogP contribution >= 0.6 is 11.6 Å². The van der Waals surface area contributed by atoms with Crippen molar-refractivity contribution in [1.82, 2.24) is 4.31 Å². The standard InChI is InChI=1S/C21H24ClFN2O4S/c1-3-29-20-11-10-18(13-19(20)22)30(27,28)25-12-4-5-15(14-25)21(26)24(2)17-8-6-16(23)7-9-17/h6-11,13,15H,3-5,12,14H2,1-2H3/t15-/m0/s1. The lowest BCUT2D eigenvalue weighted by Gasteiger charge is -2.33. The van der Waals surface area contributed by atoms with Crippen molar-refractivity contribution in [2.75, 3.05) is 31.6 Å². The first-order valence-corrected chi connectivity index (χ1v) is 11.5. The molecule has 0 N–H and O–H groups in total. The summed E-state index contributed by atoms with van der Waals surface area (Å²) in [5, 5.41) is 0.221. The van der Waals surface area contributed by atoms with E-state index >= 15 is 0 Å². The Hall–Kier alpha value is -2.16. The summed E-state index contributed by atoms with van der Waals surface area (Å²) in [5.74, 6) is -0.651. The third-order valence-corrected chi connectivity index (χ3v) is 7.28. The minimum Gasteiger partial charge on any atom is -0.492 e. The number of ether oxygens (including phenoxy) is 1. The molecule has 6 nitrogen and oxygen atoms in total. The van der Waals surface area contributed by atoms with Gasteiger partial charge in [-0.15, -0.1) is 0 Å². The molecule has 0 aromatic heterocycles. The number of piperidine rings is 1. The van der Waals surface area contributed by atoms with Crippen LogP contribution in [0, 0.1) is 11.7 Å². The first kappa shape index (κ1) is 22.5. The fraction of sp³-hybridized carbons (Fsp3) is 0.381. The van der Waals surface area contributed by atoms with E-state index < -0.39 is 15.9 Å². The van der Waals surface area contributed by atoms with E-state index in [1.54, 1.807) is 7.05 Å². The fourth-order valence-corrected chi connectivity index (χ4v) is 5.34. The Kier molecular flexibility index (Phi) is 7.00. The maximum absolute atomic E-state index is 13.2. The van der Waals surface area contributed by atoms with Gasteiger partial charge in [0.05, 0.1) is 22.4 Å². The van der Waals surface area contributed by atoms with Crippen LogP contribution in [-0.4, -0.2) is 45.4 Å². The van der Waals surface area contributed by atoms with Gasteiger partial charge in [0.25, 0.3) is 0 Å². The molecule has 1 heterocycles. The van der Waals surface area contributed by atoms with Gasteiger partial charge in [0.2, 0.25) is 15.9 Å². The Morgan fingerprint density at radius 2 is 1.97 bits per heavy atom. The smallest absolute Gasteiger partial charge is 0.243 e. The molecule has 0 saturated carbocycles. The lowest BCUT2D eigenvalue weighted by atomic mass is 9.98. The highest BCUT2D eigenvalue weighted by molar-refractivity contribution is 7.89. The van der Waals surface area contributed by atoms with Crippen molar-refractivity contribution >= 4 is 33.2 Å². The topological polar surface area (TPSA) is 66.9 Å². The second-order valence-electron chi connectivity index (χ2n) is 7.10. The highest BCUT2D eigenvalue weighted by Gasteiger charge is 2.35. The average molecular weight is 455 g/mol. The van der Waals surface area contributed by atoms with Crippen molar-refractivity contribution in [3.8, 4) is 5.75 Å². The Labute approximate surface area is 181 Å². The van der Waals surface area contributed by atoms with Gasteiger partial charge in [0.1, 0.15) is 11.6 Å². The second-order valence-corrected chi connectivity index (χ2v) is 9.45. The number of halogens is 2. The molecule has 1 atom stereocenters. The molecule has 3 rings (SSSR count). The molecular weight excluding hydrogens is 431 g/mol. The van der Waals surface area contributed by atoms with E-state index in [9.17, 15) is 17.6 Å². The number of hydrogen-bond donors (Lipinski definition) is 0. The average Bonchev–Trinajstić information content (AvgIpc) is 2.75. The van der Waals surface area contributed by atoms with Gasteiger partial charge in [-0.3, -0.25) is 4.79 Å². The van der Waals surface area contributed by atoms with Crippen LogP contribution in [-0.2, 0) is 14.8 Å². The van der Waals surface area contributed by atoms with Gasteiger partial charge in [-0.1, -0.05) is 11.6 Å². The fourth-order valence-electron chi connectivity index (χ4n) is 3.49. The molecule has 1 aliphatic rings. The molecule has 162 valence electrons. The van der Waals surface area contributed by atoms with Crippen LogP contribution in [0.4, 0.5) is 10.1 Å². The molecule has 0 radical (unpaired) electrons. The van der Waals surface area contributed by atoms with Crippen molar-refractivity contribution < 1.29 is 22.3 Å². The molecular formula is C21H24ClFN2O4S. The summed E-state index contributed by atoms with van der Waals surface area (Å²) in [6, 6.07) is 9.98. The summed E-state index contributed by atoms with van der Waals surface area (Å²) < 4.78 is 46.1. The summed E-state index contributed by atoms with van der Waals surface area (Å²) >= 11 is 6.16. The Bertz CT molecular complexity index is 1010. The first-order chi connectivity index (χ1) is 14.2. The largest absolute Gasteiger partial charge is 0.492 e. The van der Waals surface area contributed by atoms with Crippen molar-refractivity contribution in [2.45, 2.75) is 24.7 Å². The Morgan fingerprint density at radius 1 is 1.27 bits per heavy atom. The number of rotatable bonds is 6. The predicted octanol–water partition coefficient (Wildman–Crippen LogP) is 3.94. The summed E-state index contributed by atoms with van der Waals surface area (Å²) in [7, 11) is -2.20. The van der Waals surface area contributed by atoms with E-state index in [0.29, 0.717) is 37.4 Å². The molecule has 1 fully saturated rings. The molecule has 0 aliphatic carbocycles. The van der Waals surface area contributed by atoms with Gasteiger partial charge in [-0.2, -0.15) is 4.31 Å². The first-order valence-electron chi connectivity index (χ1n) is 9.69. The SMILES string of the molecule is CCOc1ccc(S(=O)(=O)N2CCC[C@H](C(=O)N(C)c3ccc(F)cc3)C2)cc1Cl. The third kappa shape index (κ3) is 4.77. The highest BCUT2D eigenvalue weighted by atomic mass is 35.5. The predicted molar refractivity (Wildman–Crippen MR) is 114 cm³/mol. The van der Waals surface area contributed by atoms with E-state index in [1.165, 1.54) is 51.7 Å². The van der Waals surface area contributed by atoms with Gasteiger partial charge in [-0.25, -0.2) is 12.8 Å². The lowest BCUT2D eigenvalue weighted by Crippen LogP contribution is -2.45. The van der Waals surface area contributed by atoms with Crippen LogP contribution in [0.5, 0.6) is 5.75 Å². The van der Waals surface area contributed by atoms with Gasteiger partial charge < -0.3 is 9.64 Å². The Balaban J connectivity index is 1.77. The normalized spacial score (nSPS) is 17.5. The Morgan fingerprint density at radius 3 is 2.60 bits per heavy atom. The number of nitrogens with zero attached hydrogens (tertiary/aromatic N) is 2. The third-order valence-electron chi connectivity index (χ3n) is 5.12. The van der Waals surface area contributed by atoms with Gasteiger partial charge in [0, 0.05) is 25.8 Å². The molecule has 9 heteroatoms. The number of carbonyl (C=O) groups excluding carboxylic acids is 1. The number of amides is 1. The van der Waals surface area contributed by atoms with Crippen LogP contribution in [0.3, 0.4) is 0 Å². The van der Waals surface area contributed by atoms with E-state index in [-0.39, 0.29) is 28.2 Å². The maximum atomic E-state index is 13.2. The molecule has 30 heavy (non-hydrogen) atoms. The van der Waals surface area contributed by atoms with Crippen molar-refractivity contribution in [3.05, 3.63) is 53.3 Å². The van der Waals surface area contributed by atoms with Crippen molar-refractivity contribution in [3.63, 3.8) is 0 Å². The van der Waals surface area contributed by atoms with Crippen LogP contribution in [0.2, 0.25) is 5.02 Å². The maximum Gasteiger partial charge on any atom is 0.243 e. The van der Waals surface area contributed by atoms with E-state index in [0.717, 1.165) is 0 Å². The molecule has 2 aromatic rings. The molecule has 0 unspecified atom stereocenters. The van der Waals surface area contributed by atoms with Crippen molar-refractivity contribution in [2.24, 2.45) is 5.92 Å². The minimum absolute atomic E-state index is 0.0657. The molecule has 1 aliphatic heterocycles. The van der Waals surface area contributed by atoms with E-state index in [4.69, 9.17) is 16.3 Å². The summed E-state index contributed by atoms with van der Waals surface area (Å²) in [6.07, 6.45) is 1.15. The molecule has 0 spiro atoms. The zero-order chi connectivity index (χ0) is 21.9. The van der Waals surface area contributed by atoms with Gasteiger partial charge >= 0.3 is 0 Å². The number of sulfonamides is 1. The van der Waals surface area contributed by atoms with Crippen LogP contribution < -0.4 is 9.64 Å². The summed E-state index contributed by atoms with van der Waals surface area (Å²) in [6.45, 7) is 2.65. The van der Waals surface area contributed by atoms with Crippen molar-refractivity contribution in [1.29, 1.82) is 0 Å². The molecule has 1 amide bonds. The monoisotopic (exact) mass is 454 g/mol. The summed E-state index contributed by atoms with van der Waals surface area (Å²) in [4.78, 5) is 14.4. The molecule has 1 saturated heterocycles. The number of hydrogen-bond acceptors (Lipinski definition) is 4. The van der Waals surface area contributed by atoms with E-state index in [1.807, 2.05) is 6.92 Å². The molecule has 0 bridgehead atoms. The summed E-state index contributed by atoms with van der Waals surface area (Å²) in [5.41, 5.74) is 0.555. The van der Waals surface area contributed by atoms with Crippen LogP contribution in [0.15, 0.2) is 47.4 Å². The second kappa shape index (κ2) is 9.32. The zero-order valence-electron chi connectivity index (χ0n) is 16.8. The van der Waals surface area contributed by atoms with Crippen LogP contribution in [0.1, 0.15) is 19.8 Å².